The van der Waals surface area contributed by atoms with E-state index in [-0.39, 0.29) is 18.3 Å². The molecule has 3 aromatic rings. The molecule has 2 aliphatic carbocycles. The molecule has 0 bridgehead atoms. The van der Waals surface area contributed by atoms with Gasteiger partial charge in [-0.15, -0.1) is 10.2 Å². The van der Waals surface area contributed by atoms with E-state index in [0.29, 0.717) is 36.6 Å². The van der Waals surface area contributed by atoms with Crippen molar-refractivity contribution in [2.75, 3.05) is 0 Å². The molecule has 2 aliphatic rings. The second-order valence-electron chi connectivity index (χ2n) is 12.8. The Kier molecular flexibility index (Phi) is 8.10. The zero-order chi connectivity index (χ0) is 27.6. The van der Waals surface area contributed by atoms with Crippen LogP contribution in [0.2, 0.25) is 0 Å². The third-order valence-electron chi connectivity index (χ3n) is 7.48. The van der Waals surface area contributed by atoms with E-state index in [1.165, 1.54) is 19.3 Å². The minimum Gasteiger partial charge on any atom is -0.471 e. The molecule has 2 saturated carbocycles. The molecule has 1 atom stereocenters. The molecular formula is C31H42N4O4. The molecule has 1 aromatic carbocycles. The zero-order valence-corrected chi connectivity index (χ0v) is 23.9. The highest BCUT2D eigenvalue weighted by Crippen LogP contribution is 2.48. The van der Waals surface area contributed by atoms with E-state index in [0.717, 1.165) is 41.9 Å². The van der Waals surface area contributed by atoms with E-state index >= 15 is 0 Å². The van der Waals surface area contributed by atoms with E-state index in [9.17, 15) is 4.79 Å². The average Bonchev–Trinajstić information content (AvgIpc) is 3.43. The Morgan fingerprint density at radius 1 is 1.13 bits per heavy atom. The van der Waals surface area contributed by atoms with Crippen LogP contribution in [0.1, 0.15) is 114 Å². The van der Waals surface area contributed by atoms with E-state index in [1.54, 1.807) is 0 Å². The molecule has 0 amide bonds. The lowest BCUT2D eigenvalue weighted by Crippen LogP contribution is -2.27. The molecule has 0 radical (unpaired) electrons. The first-order chi connectivity index (χ1) is 18.6. The van der Waals surface area contributed by atoms with Crippen LogP contribution in [0.25, 0.3) is 0 Å². The third-order valence-corrected chi connectivity index (χ3v) is 7.48. The van der Waals surface area contributed by atoms with Crippen LogP contribution < -0.4 is 4.74 Å². The number of rotatable bonds is 12. The number of hydrogen-bond donors (Lipinski definition) is 0. The summed E-state index contributed by atoms with van der Waals surface area (Å²) in [6.45, 7) is 10.7. The normalized spacial score (nSPS) is 20.1. The molecule has 8 heteroatoms. The van der Waals surface area contributed by atoms with Crippen LogP contribution in [0.15, 0.2) is 40.9 Å². The van der Waals surface area contributed by atoms with Crippen LogP contribution in [0.3, 0.4) is 0 Å². The highest BCUT2D eigenvalue weighted by molar-refractivity contribution is 5.71. The fourth-order valence-electron chi connectivity index (χ4n) is 5.66. The predicted molar refractivity (Wildman–Crippen MR) is 147 cm³/mol. The Balaban J connectivity index is 1.34. The fourth-order valence-corrected chi connectivity index (χ4v) is 5.66. The highest BCUT2D eigenvalue weighted by Gasteiger charge is 2.40. The van der Waals surface area contributed by atoms with Gasteiger partial charge < -0.3 is 18.6 Å². The molecule has 0 aliphatic heterocycles. The van der Waals surface area contributed by atoms with E-state index in [1.807, 2.05) is 57.2 Å². The van der Waals surface area contributed by atoms with Crippen LogP contribution in [0.4, 0.5) is 0 Å². The van der Waals surface area contributed by atoms with Gasteiger partial charge in [0, 0.05) is 30.4 Å². The van der Waals surface area contributed by atoms with Gasteiger partial charge in [-0.1, -0.05) is 44.2 Å². The van der Waals surface area contributed by atoms with Crippen molar-refractivity contribution in [1.29, 1.82) is 0 Å². The maximum atomic E-state index is 13.0. The zero-order valence-electron chi connectivity index (χ0n) is 23.9. The molecular weight excluding hydrogens is 492 g/mol. The minimum atomic E-state index is -0.557. The second-order valence-corrected chi connectivity index (χ2v) is 12.8. The molecule has 5 rings (SSSR count). The molecule has 2 aromatic heterocycles. The molecule has 8 nitrogen and oxygen atoms in total. The van der Waals surface area contributed by atoms with Crippen molar-refractivity contribution in [3.8, 4) is 5.88 Å². The number of carbonyl (C=O) groups excluding carboxylic acids is 1. The summed E-state index contributed by atoms with van der Waals surface area (Å²) in [4.78, 5) is 13.0. The third kappa shape index (κ3) is 7.28. The highest BCUT2D eigenvalue weighted by atomic mass is 16.6. The van der Waals surface area contributed by atoms with Gasteiger partial charge in [0.05, 0.1) is 6.42 Å². The monoisotopic (exact) mass is 534 g/mol. The van der Waals surface area contributed by atoms with Crippen molar-refractivity contribution in [2.24, 2.45) is 11.8 Å². The van der Waals surface area contributed by atoms with E-state index < -0.39 is 5.60 Å². The number of aromatic nitrogens is 4. The number of esters is 1. The Labute approximate surface area is 231 Å². The van der Waals surface area contributed by atoms with Gasteiger partial charge in [0.1, 0.15) is 29.6 Å². The molecule has 210 valence electrons. The van der Waals surface area contributed by atoms with E-state index in [4.69, 9.17) is 24.2 Å². The molecule has 2 heterocycles. The number of hydrogen-bond acceptors (Lipinski definition) is 7. The smallest absolute Gasteiger partial charge is 0.307 e. The number of benzene rings is 1. The summed E-state index contributed by atoms with van der Waals surface area (Å²) in [6, 6.07) is 12.2. The maximum absolute atomic E-state index is 13.0. The van der Waals surface area contributed by atoms with Gasteiger partial charge in [-0.2, -0.15) is 0 Å². The van der Waals surface area contributed by atoms with Crippen LogP contribution in [0, 0.1) is 11.8 Å². The lowest BCUT2D eigenvalue weighted by molar-refractivity contribution is -0.155. The Morgan fingerprint density at radius 2 is 1.87 bits per heavy atom. The standard InChI is InChI=1S/C31H42N4O4/c1-20(2)13-22-14-23(15-22)29-32-33-30(35(29)25-11-12-25)24(17-28(36)38-31(3,4)5)16-26-18-27(34-39-26)37-19-21-9-7-6-8-10-21/h6-10,18,20,22-25H,11-17,19H2,1-5H3. The number of nitrogens with zero attached hydrogens (tertiary/aromatic N) is 4. The lowest BCUT2D eigenvalue weighted by Gasteiger charge is -2.36. The van der Waals surface area contributed by atoms with Crippen molar-refractivity contribution in [3.05, 3.63) is 59.4 Å². The van der Waals surface area contributed by atoms with E-state index in [2.05, 4.69) is 23.6 Å². The predicted octanol–water partition coefficient (Wildman–Crippen LogP) is 6.78. The maximum Gasteiger partial charge on any atom is 0.307 e. The van der Waals surface area contributed by atoms with Gasteiger partial charge in [-0.3, -0.25) is 4.79 Å². The Bertz CT molecular complexity index is 1230. The minimum absolute atomic E-state index is 0.198. The van der Waals surface area contributed by atoms with Crippen LogP contribution in [0.5, 0.6) is 5.88 Å². The Morgan fingerprint density at radius 3 is 2.54 bits per heavy atom. The largest absolute Gasteiger partial charge is 0.471 e. The average molecular weight is 535 g/mol. The summed E-state index contributed by atoms with van der Waals surface area (Å²) >= 11 is 0. The van der Waals surface area contributed by atoms with Crippen molar-refractivity contribution >= 4 is 5.97 Å². The van der Waals surface area contributed by atoms with Crippen molar-refractivity contribution in [2.45, 2.75) is 110 Å². The molecule has 39 heavy (non-hydrogen) atoms. The molecule has 1 unspecified atom stereocenters. The molecule has 2 fully saturated rings. The van der Waals surface area contributed by atoms with Crippen molar-refractivity contribution < 1.29 is 18.8 Å². The van der Waals surface area contributed by atoms with Gasteiger partial charge >= 0.3 is 5.97 Å². The fraction of sp³-hybridized carbons (Fsp3) is 0.613. The van der Waals surface area contributed by atoms with Gasteiger partial charge in [0.15, 0.2) is 0 Å². The molecule has 0 N–H and O–H groups in total. The SMILES string of the molecule is CC(C)CC1CC(c2nnc(C(CC(=O)OC(C)(C)C)Cc3cc(OCc4ccccc4)no3)n2C2CC2)C1. The topological polar surface area (TPSA) is 92.3 Å². The van der Waals surface area contributed by atoms with Gasteiger partial charge in [-0.05, 0) is 75.4 Å². The van der Waals surface area contributed by atoms with Crippen molar-refractivity contribution in [1.82, 2.24) is 19.9 Å². The van der Waals surface area contributed by atoms with Crippen LogP contribution in [-0.2, 0) is 22.6 Å². The van der Waals surface area contributed by atoms with Crippen molar-refractivity contribution in [3.63, 3.8) is 0 Å². The first kappa shape index (κ1) is 27.4. The summed E-state index contributed by atoms with van der Waals surface area (Å²) < 4.78 is 19.5. The quantitative estimate of drug-likeness (QED) is 0.237. The summed E-state index contributed by atoms with van der Waals surface area (Å²) in [5.41, 5.74) is 0.500. The summed E-state index contributed by atoms with van der Waals surface area (Å²) in [5, 5.41) is 13.5. The van der Waals surface area contributed by atoms with Gasteiger partial charge in [-0.25, -0.2) is 0 Å². The van der Waals surface area contributed by atoms with Gasteiger partial charge in [0.2, 0.25) is 0 Å². The Hall–Kier alpha value is -3.16. The van der Waals surface area contributed by atoms with Crippen LogP contribution in [-0.4, -0.2) is 31.5 Å². The first-order valence-corrected chi connectivity index (χ1v) is 14.4. The summed E-state index contributed by atoms with van der Waals surface area (Å²) in [7, 11) is 0. The second kappa shape index (κ2) is 11.5. The molecule has 0 saturated heterocycles. The first-order valence-electron chi connectivity index (χ1n) is 14.4. The summed E-state index contributed by atoms with van der Waals surface area (Å²) in [5.74, 6) is 4.47. The van der Waals surface area contributed by atoms with Gasteiger partial charge in [0.25, 0.3) is 5.88 Å². The lowest BCUT2D eigenvalue weighted by atomic mass is 9.71. The number of ether oxygens (including phenoxy) is 2. The molecule has 0 spiro atoms. The van der Waals surface area contributed by atoms with Crippen LogP contribution >= 0.6 is 0 Å². The number of carbonyl (C=O) groups is 1. The summed E-state index contributed by atoms with van der Waals surface area (Å²) in [6.07, 6.45) is 6.52.